The van der Waals surface area contributed by atoms with Gasteiger partial charge in [0.2, 0.25) is 0 Å². The molecule has 18 heavy (non-hydrogen) atoms. The molecule has 1 atom stereocenters. The first-order chi connectivity index (χ1) is 8.59. The van der Waals surface area contributed by atoms with Crippen LogP contribution in [-0.2, 0) is 4.79 Å². The van der Waals surface area contributed by atoms with E-state index < -0.39 is 12.0 Å². The Kier molecular flexibility index (Phi) is 3.65. The Labute approximate surface area is 106 Å². The van der Waals surface area contributed by atoms with Crippen LogP contribution in [-0.4, -0.2) is 34.5 Å². The molecule has 4 heteroatoms. The fraction of sp³-hybridized carbons (Fsp3) is 0.429. The number of hydrogen-bond acceptors (Lipinski definition) is 2. The molecule has 0 aliphatic carbocycles. The molecule has 1 aromatic rings. The summed E-state index contributed by atoms with van der Waals surface area (Å²) in [5.41, 5.74) is 1.58. The molecule has 1 saturated heterocycles. The second-order valence-corrected chi connectivity index (χ2v) is 4.72. The Morgan fingerprint density at radius 2 is 2.11 bits per heavy atom. The van der Waals surface area contributed by atoms with Crippen molar-refractivity contribution < 1.29 is 14.7 Å². The quantitative estimate of drug-likeness (QED) is 0.870. The van der Waals surface area contributed by atoms with Crippen molar-refractivity contribution in [2.45, 2.75) is 32.2 Å². The average Bonchev–Trinajstić information content (AvgIpc) is 2.38. The number of hydrogen-bond donors (Lipinski definition) is 1. The highest BCUT2D eigenvalue weighted by Crippen LogP contribution is 2.20. The van der Waals surface area contributed by atoms with E-state index in [1.165, 1.54) is 4.90 Å². The molecule has 2 rings (SSSR count). The van der Waals surface area contributed by atoms with Crippen molar-refractivity contribution in [2.75, 3.05) is 6.54 Å². The third-order valence-corrected chi connectivity index (χ3v) is 3.31. The molecular formula is C14H17NO3. The van der Waals surface area contributed by atoms with Crippen LogP contribution in [0.5, 0.6) is 0 Å². The van der Waals surface area contributed by atoms with E-state index in [1.54, 1.807) is 12.1 Å². The molecule has 0 spiro atoms. The van der Waals surface area contributed by atoms with Gasteiger partial charge in [-0.15, -0.1) is 0 Å². The standard InChI is InChI=1S/C14H17NO3/c1-10-5-4-6-11(9-10)13(16)15-8-3-2-7-12(15)14(17)18/h4-6,9,12H,2-3,7-8H2,1H3,(H,17,18)/t12-/m0/s1. The molecule has 1 aromatic carbocycles. The highest BCUT2D eigenvalue weighted by atomic mass is 16.4. The molecule has 1 aliphatic heterocycles. The van der Waals surface area contributed by atoms with Crippen molar-refractivity contribution in [2.24, 2.45) is 0 Å². The molecule has 96 valence electrons. The number of nitrogens with zero attached hydrogens (tertiary/aromatic N) is 1. The van der Waals surface area contributed by atoms with Crippen molar-refractivity contribution in [3.63, 3.8) is 0 Å². The Bertz CT molecular complexity index is 470. The fourth-order valence-electron chi connectivity index (χ4n) is 2.38. The Morgan fingerprint density at radius 3 is 2.78 bits per heavy atom. The summed E-state index contributed by atoms with van der Waals surface area (Å²) in [5.74, 6) is -1.08. The van der Waals surface area contributed by atoms with Crippen LogP contribution < -0.4 is 0 Å². The topological polar surface area (TPSA) is 57.6 Å². The minimum absolute atomic E-state index is 0.175. The monoisotopic (exact) mass is 247 g/mol. The second-order valence-electron chi connectivity index (χ2n) is 4.72. The SMILES string of the molecule is Cc1cccc(C(=O)N2CCCC[C@H]2C(=O)O)c1. The maximum atomic E-state index is 12.3. The summed E-state index contributed by atoms with van der Waals surface area (Å²) >= 11 is 0. The lowest BCUT2D eigenvalue weighted by Crippen LogP contribution is -2.47. The van der Waals surface area contributed by atoms with Crippen LogP contribution in [0.25, 0.3) is 0 Å². The highest BCUT2D eigenvalue weighted by molar-refractivity contribution is 5.96. The first-order valence-corrected chi connectivity index (χ1v) is 6.20. The van der Waals surface area contributed by atoms with Crippen molar-refractivity contribution in [3.8, 4) is 0 Å². The van der Waals surface area contributed by atoms with E-state index in [-0.39, 0.29) is 5.91 Å². The van der Waals surface area contributed by atoms with E-state index in [2.05, 4.69) is 0 Å². The largest absolute Gasteiger partial charge is 0.480 e. The molecule has 1 aliphatic rings. The maximum Gasteiger partial charge on any atom is 0.326 e. The number of aliphatic carboxylic acids is 1. The summed E-state index contributed by atoms with van der Waals surface area (Å²) in [6.07, 6.45) is 2.29. The van der Waals surface area contributed by atoms with Gasteiger partial charge in [-0.2, -0.15) is 0 Å². The number of amides is 1. The van der Waals surface area contributed by atoms with E-state index in [9.17, 15) is 9.59 Å². The van der Waals surface area contributed by atoms with Gasteiger partial charge in [-0.05, 0) is 38.3 Å². The molecule has 0 radical (unpaired) electrons. The summed E-state index contributed by atoms with van der Waals surface area (Å²) in [4.78, 5) is 25.0. The lowest BCUT2D eigenvalue weighted by atomic mass is 10.0. The zero-order valence-electron chi connectivity index (χ0n) is 10.4. The summed E-state index contributed by atoms with van der Waals surface area (Å²) in [7, 11) is 0. The van der Waals surface area contributed by atoms with Crippen LogP contribution in [0.15, 0.2) is 24.3 Å². The van der Waals surface area contributed by atoms with Gasteiger partial charge in [0.05, 0.1) is 0 Å². The van der Waals surface area contributed by atoms with E-state index in [0.717, 1.165) is 18.4 Å². The summed E-state index contributed by atoms with van der Waals surface area (Å²) < 4.78 is 0. The predicted molar refractivity (Wildman–Crippen MR) is 67.5 cm³/mol. The Hall–Kier alpha value is -1.84. The summed E-state index contributed by atoms with van der Waals surface area (Å²) in [5, 5.41) is 9.17. The second kappa shape index (κ2) is 5.21. The number of piperidine rings is 1. The van der Waals surface area contributed by atoms with E-state index in [4.69, 9.17) is 5.11 Å². The van der Waals surface area contributed by atoms with Gasteiger partial charge in [0.25, 0.3) is 5.91 Å². The van der Waals surface area contributed by atoms with Crippen molar-refractivity contribution in [1.29, 1.82) is 0 Å². The molecule has 1 heterocycles. The van der Waals surface area contributed by atoms with Gasteiger partial charge in [-0.25, -0.2) is 4.79 Å². The molecule has 1 N–H and O–H groups in total. The molecule has 0 bridgehead atoms. The minimum atomic E-state index is -0.907. The third kappa shape index (κ3) is 2.53. The average molecular weight is 247 g/mol. The van der Waals surface area contributed by atoms with Gasteiger partial charge in [0, 0.05) is 12.1 Å². The number of aryl methyl sites for hydroxylation is 1. The molecule has 1 amide bonds. The van der Waals surface area contributed by atoms with Gasteiger partial charge < -0.3 is 10.0 Å². The maximum absolute atomic E-state index is 12.3. The normalized spacial score (nSPS) is 19.6. The number of rotatable bonds is 2. The fourth-order valence-corrected chi connectivity index (χ4v) is 2.38. The van der Waals surface area contributed by atoms with Gasteiger partial charge in [0.1, 0.15) is 6.04 Å². The highest BCUT2D eigenvalue weighted by Gasteiger charge is 2.32. The third-order valence-electron chi connectivity index (χ3n) is 3.31. The molecular weight excluding hydrogens is 230 g/mol. The van der Waals surface area contributed by atoms with Crippen LogP contribution >= 0.6 is 0 Å². The molecule has 1 fully saturated rings. The smallest absolute Gasteiger partial charge is 0.326 e. The summed E-state index contributed by atoms with van der Waals surface area (Å²) in [6.45, 7) is 2.45. The van der Waals surface area contributed by atoms with E-state index in [1.807, 2.05) is 19.1 Å². The van der Waals surface area contributed by atoms with Crippen molar-refractivity contribution in [3.05, 3.63) is 35.4 Å². The minimum Gasteiger partial charge on any atom is -0.480 e. The Balaban J connectivity index is 2.23. The van der Waals surface area contributed by atoms with Crippen LogP contribution in [0.1, 0.15) is 35.2 Å². The van der Waals surface area contributed by atoms with Crippen LogP contribution in [0.3, 0.4) is 0 Å². The lowest BCUT2D eigenvalue weighted by Gasteiger charge is -2.33. The van der Waals surface area contributed by atoms with E-state index in [0.29, 0.717) is 18.5 Å². The number of carbonyl (C=O) groups excluding carboxylic acids is 1. The number of benzene rings is 1. The summed E-state index contributed by atoms with van der Waals surface area (Å²) in [6, 6.07) is 6.61. The Morgan fingerprint density at radius 1 is 1.33 bits per heavy atom. The van der Waals surface area contributed by atoms with Gasteiger partial charge >= 0.3 is 5.97 Å². The van der Waals surface area contributed by atoms with Crippen LogP contribution in [0, 0.1) is 6.92 Å². The number of carboxylic acid groups (broad SMARTS) is 1. The van der Waals surface area contributed by atoms with Crippen molar-refractivity contribution >= 4 is 11.9 Å². The first kappa shape index (κ1) is 12.6. The first-order valence-electron chi connectivity index (χ1n) is 6.20. The zero-order chi connectivity index (χ0) is 13.1. The van der Waals surface area contributed by atoms with Gasteiger partial charge in [-0.3, -0.25) is 4.79 Å². The lowest BCUT2D eigenvalue weighted by molar-refractivity contribution is -0.143. The zero-order valence-corrected chi connectivity index (χ0v) is 10.4. The number of carboxylic acids is 1. The van der Waals surface area contributed by atoms with Crippen molar-refractivity contribution in [1.82, 2.24) is 4.90 Å². The van der Waals surface area contributed by atoms with Gasteiger partial charge in [-0.1, -0.05) is 17.7 Å². The molecule has 0 unspecified atom stereocenters. The van der Waals surface area contributed by atoms with Gasteiger partial charge in [0.15, 0.2) is 0 Å². The van der Waals surface area contributed by atoms with Crippen LogP contribution in [0.4, 0.5) is 0 Å². The number of carbonyl (C=O) groups is 2. The molecule has 4 nitrogen and oxygen atoms in total. The number of likely N-dealkylation sites (tertiary alicyclic amines) is 1. The molecule has 0 aromatic heterocycles. The van der Waals surface area contributed by atoms with Crippen LogP contribution in [0.2, 0.25) is 0 Å². The predicted octanol–water partition coefficient (Wildman–Crippen LogP) is 2.07. The van der Waals surface area contributed by atoms with E-state index >= 15 is 0 Å². The molecule has 0 saturated carbocycles.